The molecule has 0 N–H and O–H groups in total. The van der Waals surface area contributed by atoms with E-state index in [0.717, 1.165) is 37.7 Å². The van der Waals surface area contributed by atoms with Crippen LogP contribution in [0, 0.1) is 6.92 Å². The fraction of sp³-hybridized carbons (Fsp3) is 0.600. The molecule has 7 heteroatoms. The maximum absolute atomic E-state index is 12.9. The SMILES string of the molecule is Cc1ccc(C(=O)OCC(=O)N(C2CCCCC2)[C@H]2CCS(=O)(=O)C2)cc1. The zero-order valence-electron chi connectivity index (χ0n) is 15.7. The van der Waals surface area contributed by atoms with Gasteiger partial charge in [0.1, 0.15) is 0 Å². The molecule has 3 rings (SSSR count). The molecule has 1 aliphatic heterocycles. The molecule has 1 heterocycles. The van der Waals surface area contributed by atoms with Gasteiger partial charge in [0.25, 0.3) is 5.91 Å². The minimum atomic E-state index is -3.09. The monoisotopic (exact) mass is 393 g/mol. The van der Waals surface area contributed by atoms with Crippen molar-refractivity contribution in [1.29, 1.82) is 0 Å². The minimum Gasteiger partial charge on any atom is -0.452 e. The molecule has 0 radical (unpaired) electrons. The van der Waals surface area contributed by atoms with Crippen LogP contribution in [-0.4, -0.2) is 55.4 Å². The van der Waals surface area contributed by atoms with Gasteiger partial charge in [-0.3, -0.25) is 4.79 Å². The van der Waals surface area contributed by atoms with Crippen LogP contribution in [0.4, 0.5) is 0 Å². The quantitative estimate of drug-likeness (QED) is 0.718. The lowest BCUT2D eigenvalue weighted by molar-refractivity contribution is -0.140. The molecule has 0 spiro atoms. The number of esters is 1. The van der Waals surface area contributed by atoms with Crippen LogP contribution in [0.1, 0.15) is 54.4 Å². The summed E-state index contributed by atoms with van der Waals surface area (Å²) in [6.07, 6.45) is 5.46. The molecule has 0 aromatic heterocycles. The first-order chi connectivity index (χ1) is 12.9. The Bertz CT molecular complexity index is 781. The van der Waals surface area contributed by atoms with E-state index in [2.05, 4.69) is 0 Å². The Morgan fingerprint density at radius 1 is 1.04 bits per heavy atom. The van der Waals surface area contributed by atoms with Gasteiger partial charge < -0.3 is 9.64 Å². The molecular weight excluding hydrogens is 366 g/mol. The van der Waals surface area contributed by atoms with E-state index >= 15 is 0 Å². The first kappa shape index (κ1) is 19.9. The molecule has 1 saturated heterocycles. The van der Waals surface area contributed by atoms with Crippen LogP contribution in [0.5, 0.6) is 0 Å². The van der Waals surface area contributed by atoms with E-state index in [-0.39, 0.29) is 36.1 Å². The maximum atomic E-state index is 12.9. The predicted molar refractivity (Wildman–Crippen MR) is 102 cm³/mol. The lowest BCUT2D eigenvalue weighted by Gasteiger charge is -2.38. The number of amides is 1. The average molecular weight is 394 g/mol. The van der Waals surface area contributed by atoms with Crippen LogP contribution in [0.3, 0.4) is 0 Å². The number of hydrogen-bond donors (Lipinski definition) is 0. The van der Waals surface area contributed by atoms with Gasteiger partial charge in [-0.05, 0) is 38.3 Å². The number of hydrogen-bond acceptors (Lipinski definition) is 5. The summed E-state index contributed by atoms with van der Waals surface area (Å²) in [5.41, 5.74) is 1.44. The number of rotatable bonds is 5. The number of sulfone groups is 1. The zero-order chi connectivity index (χ0) is 19.4. The molecule has 1 amide bonds. The number of benzene rings is 1. The van der Waals surface area contributed by atoms with E-state index in [0.29, 0.717) is 12.0 Å². The van der Waals surface area contributed by atoms with Gasteiger partial charge in [-0.25, -0.2) is 13.2 Å². The standard InChI is InChI=1S/C20H27NO5S/c1-15-7-9-16(10-8-15)20(23)26-13-19(22)21(17-5-3-2-4-6-17)18-11-12-27(24,25)14-18/h7-10,17-18H,2-6,11-14H2,1H3/t18-/m0/s1. The number of carbonyl (C=O) groups is 2. The average Bonchev–Trinajstić information content (AvgIpc) is 3.00. The smallest absolute Gasteiger partial charge is 0.338 e. The van der Waals surface area contributed by atoms with Crippen molar-refractivity contribution in [2.45, 2.75) is 57.5 Å². The van der Waals surface area contributed by atoms with Gasteiger partial charge in [0.2, 0.25) is 0 Å². The second kappa shape index (κ2) is 8.42. The van der Waals surface area contributed by atoms with Crippen LogP contribution in [0.25, 0.3) is 0 Å². The fourth-order valence-corrected chi connectivity index (χ4v) is 5.75. The second-order valence-electron chi connectivity index (χ2n) is 7.59. The van der Waals surface area contributed by atoms with E-state index in [1.165, 1.54) is 0 Å². The summed E-state index contributed by atoms with van der Waals surface area (Å²) in [6, 6.07) is 6.72. The summed E-state index contributed by atoms with van der Waals surface area (Å²) in [5, 5.41) is 0. The van der Waals surface area contributed by atoms with Crippen molar-refractivity contribution < 1.29 is 22.7 Å². The number of carbonyl (C=O) groups excluding carboxylic acids is 2. The normalized spacial score (nSPS) is 22.3. The first-order valence-electron chi connectivity index (χ1n) is 9.61. The van der Waals surface area contributed by atoms with Crippen molar-refractivity contribution in [1.82, 2.24) is 4.90 Å². The Balaban J connectivity index is 1.67. The van der Waals surface area contributed by atoms with Gasteiger partial charge in [0, 0.05) is 12.1 Å². The molecule has 2 fully saturated rings. The highest BCUT2D eigenvalue weighted by atomic mass is 32.2. The van der Waals surface area contributed by atoms with E-state index in [1.54, 1.807) is 17.0 Å². The molecule has 1 aromatic rings. The van der Waals surface area contributed by atoms with Crippen LogP contribution < -0.4 is 0 Å². The number of ether oxygens (including phenoxy) is 1. The van der Waals surface area contributed by atoms with Crippen LogP contribution >= 0.6 is 0 Å². The molecule has 1 aromatic carbocycles. The summed E-state index contributed by atoms with van der Waals surface area (Å²) in [6.45, 7) is 1.58. The predicted octanol–water partition coefficient (Wildman–Crippen LogP) is 2.50. The van der Waals surface area contributed by atoms with Crippen molar-refractivity contribution in [2.24, 2.45) is 0 Å². The molecule has 148 valence electrons. The largest absolute Gasteiger partial charge is 0.452 e. The van der Waals surface area contributed by atoms with Gasteiger partial charge in [0.05, 0.1) is 17.1 Å². The molecule has 6 nitrogen and oxygen atoms in total. The van der Waals surface area contributed by atoms with Gasteiger partial charge >= 0.3 is 5.97 Å². The highest BCUT2D eigenvalue weighted by Gasteiger charge is 2.38. The summed E-state index contributed by atoms with van der Waals surface area (Å²) < 4.78 is 29.0. The lowest BCUT2D eigenvalue weighted by Crippen LogP contribution is -2.50. The van der Waals surface area contributed by atoms with E-state index < -0.39 is 15.8 Å². The van der Waals surface area contributed by atoms with Crippen molar-refractivity contribution in [3.05, 3.63) is 35.4 Å². The number of aryl methyl sites for hydroxylation is 1. The van der Waals surface area contributed by atoms with Crippen molar-refractivity contribution in [3.8, 4) is 0 Å². The minimum absolute atomic E-state index is 0.0150. The van der Waals surface area contributed by atoms with Crippen molar-refractivity contribution in [2.75, 3.05) is 18.1 Å². The van der Waals surface area contributed by atoms with E-state index in [9.17, 15) is 18.0 Å². The summed E-state index contributed by atoms with van der Waals surface area (Å²) in [7, 11) is -3.09. The first-order valence-corrected chi connectivity index (χ1v) is 11.4. The fourth-order valence-electron chi connectivity index (χ4n) is 4.03. The highest BCUT2D eigenvalue weighted by Crippen LogP contribution is 2.28. The van der Waals surface area contributed by atoms with E-state index in [4.69, 9.17) is 4.74 Å². The molecule has 0 bridgehead atoms. The van der Waals surface area contributed by atoms with Crippen LogP contribution in [-0.2, 0) is 19.4 Å². The number of nitrogens with zero attached hydrogens (tertiary/aromatic N) is 1. The van der Waals surface area contributed by atoms with Gasteiger partial charge in [-0.15, -0.1) is 0 Å². The third-order valence-electron chi connectivity index (χ3n) is 5.47. The Labute approximate surface area is 160 Å². The topological polar surface area (TPSA) is 80.8 Å². The Morgan fingerprint density at radius 3 is 2.30 bits per heavy atom. The zero-order valence-corrected chi connectivity index (χ0v) is 16.5. The Hall–Kier alpha value is -1.89. The molecule has 1 saturated carbocycles. The van der Waals surface area contributed by atoms with Gasteiger partial charge in [-0.1, -0.05) is 37.0 Å². The second-order valence-corrected chi connectivity index (χ2v) is 9.82. The summed E-state index contributed by atoms with van der Waals surface area (Å²) >= 11 is 0. The molecule has 27 heavy (non-hydrogen) atoms. The Morgan fingerprint density at radius 2 is 1.70 bits per heavy atom. The maximum Gasteiger partial charge on any atom is 0.338 e. The van der Waals surface area contributed by atoms with Crippen molar-refractivity contribution >= 4 is 21.7 Å². The van der Waals surface area contributed by atoms with E-state index in [1.807, 2.05) is 19.1 Å². The Kier molecular flexibility index (Phi) is 6.19. The molecule has 0 unspecified atom stereocenters. The molecule has 1 aliphatic carbocycles. The molecule has 2 aliphatic rings. The van der Waals surface area contributed by atoms with Crippen molar-refractivity contribution in [3.63, 3.8) is 0 Å². The summed E-state index contributed by atoms with van der Waals surface area (Å²) in [4.78, 5) is 26.8. The van der Waals surface area contributed by atoms with Gasteiger partial charge in [0.15, 0.2) is 16.4 Å². The van der Waals surface area contributed by atoms with Crippen LogP contribution in [0.15, 0.2) is 24.3 Å². The van der Waals surface area contributed by atoms with Crippen LogP contribution in [0.2, 0.25) is 0 Å². The third-order valence-corrected chi connectivity index (χ3v) is 7.22. The highest BCUT2D eigenvalue weighted by molar-refractivity contribution is 7.91. The lowest BCUT2D eigenvalue weighted by atomic mass is 9.93. The molecular formula is C20H27NO5S. The molecule has 1 atom stereocenters. The third kappa shape index (κ3) is 5.09. The van der Waals surface area contributed by atoms with Gasteiger partial charge in [-0.2, -0.15) is 0 Å². The summed E-state index contributed by atoms with van der Waals surface area (Å²) in [5.74, 6) is -0.686.